The lowest BCUT2D eigenvalue weighted by atomic mass is 10.1. The summed E-state index contributed by atoms with van der Waals surface area (Å²) >= 11 is 0. The lowest BCUT2D eigenvalue weighted by Gasteiger charge is -2.46. The summed E-state index contributed by atoms with van der Waals surface area (Å²) in [4.78, 5) is 0. The summed E-state index contributed by atoms with van der Waals surface area (Å²) < 4.78 is 21.3. The van der Waals surface area contributed by atoms with Crippen LogP contribution in [0.2, 0.25) is 0 Å². The third-order valence-corrected chi connectivity index (χ3v) is 2.44. The van der Waals surface area contributed by atoms with Gasteiger partial charge in [-0.2, -0.15) is 0 Å². The normalized spacial score (nSPS) is 43.0. The largest absolute Gasteiger partial charge is 0.349 e. The molecule has 0 aromatic rings. The van der Waals surface area contributed by atoms with E-state index in [0.29, 0.717) is 13.2 Å². The Labute approximate surface area is 72.7 Å². The Bertz CT molecular complexity index is 143. The molecular weight excluding hydrogens is 160 g/mol. The van der Waals surface area contributed by atoms with Gasteiger partial charge in [0.05, 0.1) is 13.2 Å². The molecule has 1 aliphatic rings. The zero-order valence-corrected chi connectivity index (χ0v) is 8.05. The van der Waals surface area contributed by atoms with E-state index in [-0.39, 0.29) is 0 Å². The van der Waals surface area contributed by atoms with Crippen molar-refractivity contribution in [3.63, 3.8) is 0 Å². The monoisotopic (exact) mass is 176 g/mol. The Hall–Kier alpha value is -0.160. The molecule has 0 aromatic heterocycles. The fraction of sp³-hybridized carbons (Fsp3) is 1.00. The Morgan fingerprint density at radius 3 is 1.50 bits per heavy atom. The van der Waals surface area contributed by atoms with Crippen LogP contribution >= 0.6 is 0 Å². The first kappa shape index (κ1) is 9.92. The minimum atomic E-state index is -0.819. The minimum absolute atomic E-state index is 0.531. The molecule has 0 aliphatic carbocycles. The average molecular weight is 176 g/mol. The van der Waals surface area contributed by atoms with Gasteiger partial charge in [0.15, 0.2) is 0 Å². The van der Waals surface area contributed by atoms with Crippen molar-refractivity contribution in [3.8, 4) is 0 Å². The number of hydrogen-bond acceptors (Lipinski definition) is 4. The molecule has 1 fully saturated rings. The molecule has 1 saturated heterocycles. The number of ether oxygens (including phenoxy) is 4. The van der Waals surface area contributed by atoms with Gasteiger partial charge in [-0.3, -0.25) is 0 Å². The summed E-state index contributed by atoms with van der Waals surface area (Å²) in [5, 5.41) is 0. The molecular formula is C8H16O4. The third-order valence-electron chi connectivity index (χ3n) is 2.44. The zero-order chi connectivity index (χ0) is 9.24. The zero-order valence-electron chi connectivity index (χ0n) is 8.05. The van der Waals surface area contributed by atoms with Crippen molar-refractivity contribution in [2.24, 2.45) is 0 Å². The van der Waals surface area contributed by atoms with E-state index >= 15 is 0 Å². The fourth-order valence-corrected chi connectivity index (χ4v) is 1.22. The van der Waals surface area contributed by atoms with Crippen LogP contribution in [0.25, 0.3) is 0 Å². The van der Waals surface area contributed by atoms with E-state index in [4.69, 9.17) is 18.9 Å². The van der Waals surface area contributed by atoms with Crippen molar-refractivity contribution < 1.29 is 18.9 Å². The summed E-state index contributed by atoms with van der Waals surface area (Å²) in [6.07, 6.45) is 0. The van der Waals surface area contributed by atoms with Gasteiger partial charge in [0, 0.05) is 14.2 Å². The lowest BCUT2D eigenvalue weighted by molar-refractivity contribution is -0.415. The van der Waals surface area contributed by atoms with Crippen LogP contribution in [-0.4, -0.2) is 39.0 Å². The van der Waals surface area contributed by atoms with Gasteiger partial charge in [-0.05, 0) is 13.8 Å². The highest BCUT2D eigenvalue weighted by Crippen LogP contribution is 2.33. The smallest absolute Gasteiger partial charge is 0.220 e. The van der Waals surface area contributed by atoms with Crippen molar-refractivity contribution in [2.45, 2.75) is 25.4 Å². The van der Waals surface area contributed by atoms with Crippen LogP contribution in [-0.2, 0) is 18.9 Å². The van der Waals surface area contributed by atoms with Gasteiger partial charge in [-0.25, -0.2) is 0 Å². The topological polar surface area (TPSA) is 36.9 Å². The fourth-order valence-electron chi connectivity index (χ4n) is 1.22. The molecule has 0 radical (unpaired) electrons. The van der Waals surface area contributed by atoms with Crippen LogP contribution in [0, 0.1) is 0 Å². The Kier molecular flexibility index (Phi) is 2.73. The lowest BCUT2D eigenvalue weighted by Crippen LogP contribution is -2.59. The van der Waals surface area contributed by atoms with Gasteiger partial charge in [-0.1, -0.05) is 0 Å². The number of methoxy groups -OCH3 is 2. The van der Waals surface area contributed by atoms with Gasteiger partial charge in [0.2, 0.25) is 11.6 Å². The average Bonchev–Trinajstić information content (AvgIpc) is 2.10. The predicted octanol–water partition coefficient (Wildman–Crippen LogP) is 0.758. The van der Waals surface area contributed by atoms with Crippen molar-refractivity contribution >= 4 is 0 Å². The SMILES string of the molecule is COC1(C)OCCOC1(C)OC. The molecule has 0 saturated carbocycles. The molecule has 4 heteroatoms. The maximum Gasteiger partial charge on any atom is 0.220 e. The maximum absolute atomic E-state index is 5.45. The van der Waals surface area contributed by atoms with Gasteiger partial charge in [0.1, 0.15) is 0 Å². The van der Waals surface area contributed by atoms with Crippen molar-refractivity contribution in [1.82, 2.24) is 0 Å². The van der Waals surface area contributed by atoms with Crippen LogP contribution in [0.1, 0.15) is 13.8 Å². The molecule has 12 heavy (non-hydrogen) atoms. The van der Waals surface area contributed by atoms with Crippen molar-refractivity contribution in [2.75, 3.05) is 27.4 Å². The Balaban J connectivity index is 2.79. The highest BCUT2D eigenvalue weighted by atomic mass is 16.8. The molecule has 72 valence electrons. The van der Waals surface area contributed by atoms with E-state index in [2.05, 4.69) is 0 Å². The van der Waals surface area contributed by atoms with Crippen LogP contribution in [0.15, 0.2) is 0 Å². The maximum atomic E-state index is 5.45. The first-order valence-corrected chi connectivity index (χ1v) is 3.96. The third kappa shape index (κ3) is 1.35. The van der Waals surface area contributed by atoms with Crippen molar-refractivity contribution in [1.29, 1.82) is 0 Å². The van der Waals surface area contributed by atoms with Crippen LogP contribution in [0.4, 0.5) is 0 Å². The second-order valence-corrected chi connectivity index (χ2v) is 3.00. The summed E-state index contributed by atoms with van der Waals surface area (Å²) in [7, 11) is 3.15. The van der Waals surface area contributed by atoms with E-state index < -0.39 is 11.6 Å². The molecule has 0 aromatic carbocycles. The first-order valence-electron chi connectivity index (χ1n) is 3.96. The molecule has 2 unspecified atom stereocenters. The van der Waals surface area contributed by atoms with E-state index in [1.807, 2.05) is 0 Å². The second kappa shape index (κ2) is 3.30. The van der Waals surface area contributed by atoms with Gasteiger partial charge >= 0.3 is 0 Å². The molecule has 0 bridgehead atoms. The molecule has 0 amide bonds. The summed E-state index contributed by atoms with van der Waals surface area (Å²) in [5.74, 6) is -1.64. The summed E-state index contributed by atoms with van der Waals surface area (Å²) in [5.41, 5.74) is 0. The van der Waals surface area contributed by atoms with Crippen molar-refractivity contribution in [3.05, 3.63) is 0 Å². The van der Waals surface area contributed by atoms with Crippen LogP contribution in [0.3, 0.4) is 0 Å². The van der Waals surface area contributed by atoms with E-state index in [0.717, 1.165) is 0 Å². The van der Waals surface area contributed by atoms with Crippen LogP contribution in [0.5, 0.6) is 0 Å². The molecule has 1 rings (SSSR count). The standard InChI is InChI=1S/C8H16O4/c1-7(9-3)8(2,10-4)12-6-5-11-7/h5-6H2,1-4H3. The quantitative estimate of drug-likeness (QED) is 0.622. The molecule has 2 atom stereocenters. The first-order chi connectivity index (χ1) is 5.58. The number of hydrogen-bond donors (Lipinski definition) is 0. The number of rotatable bonds is 2. The Morgan fingerprint density at radius 1 is 0.917 bits per heavy atom. The Morgan fingerprint density at radius 2 is 1.25 bits per heavy atom. The van der Waals surface area contributed by atoms with Gasteiger partial charge in [0.25, 0.3) is 0 Å². The van der Waals surface area contributed by atoms with E-state index in [9.17, 15) is 0 Å². The molecule has 0 spiro atoms. The highest BCUT2D eigenvalue weighted by molar-refractivity contribution is 4.83. The highest BCUT2D eigenvalue weighted by Gasteiger charge is 2.50. The second-order valence-electron chi connectivity index (χ2n) is 3.00. The predicted molar refractivity (Wildman–Crippen MR) is 42.7 cm³/mol. The molecule has 1 aliphatic heterocycles. The van der Waals surface area contributed by atoms with Gasteiger partial charge < -0.3 is 18.9 Å². The summed E-state index contributed by atoms with van der Waals surface area (Å²) in [6.45, 7) is 4.66. The van der Waals surface area contributed by atoms with E-state index in [1.165, 1.54) is 0 Å². The van der Waals surface area contributed by atoms with E-state index in [1.54, 1.807) is 28.1 Å². The molecule has 4 nitrogen and oxygen atoms in total. The molecule has 0 N–H and O–H groups in total. The van der Waals surface area contributed by atoms with Gasteiger partial charge in [-0.15, -0.1) is 0 Å². The summed E-state index contributed by atoms with van der Waals surface area (Å²) in [6, 6.07) is 0. The van der Waals surface area contributed by atoms with Crippen LogP contribution < -0.4 is 0 Å². The molecule has 1 heterocycles. The minimum Gasteiger partial charge on any atom is -0.349 e.